The van der Waals surface area contributed by atoms with E-state index in [0.29, 0.717) is 0 Å². The van der Waals surface area contributed by atoms with Crippen molar-refractivity contribution in [2.24, 2.45) is 0 Å². The predicted molar refractivity (Wildman–Crippen MR) is 122 cm³/mol. The summed E-state index contributed by atoms with van der Waals surface area (Å²) in [5, 5.41) is 40.0. The zero-order valence-electron chi connectivity index (χ0n) is 19.8. The van der Waals surface area contributed by atoms with Crippen molar-refractivity contribution in [2.75, 3.05) is 5.75 Å². The van der Waals surface area contributed by atoms with Gasteiger partial charge in [-0.2, -0.15) is 26.3 Å². The lowest BCUT2D eigenvalue weighted by atomic mass is 9.80. The molecule has 0 aliphatic carbocycles. The molecule has 4 N–H and O–H groups in total. The van der Waals surface area contributed by atoms with E-state index in [4.69, 9.17) is 4.74 Å². The van der Waals surface area contributed by atoms with Gasteiger partial charge in [-0.1, -0.05) is 18.2 Å². The van der Waals surface area contributed by atoms with Crippen LogP contribution in [-0.2, 0) is 14.9 Å². The van der Waals surface area contributed by atoms with Gasteiger partial charge < -0.3 is 34.5 Å². The molecule has 220 valence electrons. The van der Waals surface area contributed by atoms with Crippen LogP contribution >= 0.6 is 0 Å². The largest absolute Gasteiger partial charge is 0.748 e. The number of benzene rings is 3. The smallest absolute Gasteiger partial charge is 0.438 e. The highest BCUT2D eigenvalue weighted by atomic mass is 32.2. The Bertz CT molecular complexity index is 1580. The van der Waals surface area contributed by atoms with Crippen molar-refractivity contribution in [1.29, 1.82) is 0 Å². The fourth-order valence-corrected chi connectivity index (χ4v) is 5.15. The molecule has 0 unspecified atom stereocenters. The van der Waals surface area contributed by atoms with Crippen molar-refractivity contribution in [3.8, 4) is 34.5 Å². The average Bonchev–Trinajstić information content (AvgIpc) is 2.82. The van der Waals surface area contributed by atoms with E-state index in [1.807, 2.05) is 0 Å². The quantitative estimate of drug-likeness (QED) is 0.110. The highest BCUT2D eigenvalue weighted by Crippen LogP contribution is 2.53. The van der Waals surface area contributed by atoms with Crippen LogP contribution in [0.25, 0.3) is 0 Å². The fraction of sp³-hybridized carbons (Fsp3) is 0.208. The van der Waals surface area contributed by atoms with Gasteiger partial charge in [0.15, 0.2) is 23.0 Å². The first-order valence-corrected chi connectivity index (χ1v) is 12.5. The predicted octanol–water partition coefficient (Wildman–Crippen LogP) is 4.36. The SMILES string of the molecule is O=C(OC(CS(=O)(=O)[O-])(C(F)(F)F)C(F)(F)F)c1ccccc1C1c2cc(O)c(O)cc2Oc2cc(O)c(O)cc21. The number of phenols is 4. The Kier molecular flexibility index (Phi) is 6.94. The van der Waals surface area contributed by atoms with Crippen molar-refractivity contribution >= 4 is 16.1 Å². The molecule has 1 aliphatic heterocycles. The minimum absolute atomic E-state index is 0.113. The monoisotopic (exact) mass is 609 g/mol. The third-order valence-corrected chi connectivity index (χ3v) is 6.87. The molecule has 0 bridgehead atoms. The number of phenolic OH excluding ortho intramolecular Hbond substituents is 4. The number of carbonyl (C=O) groups is 1. The summed E-state index contributed by atoms with van der Waals surface area (Å²) < 4.78 is 125. The Morgan fingerprint density at radius 2 is 1.24 bits per heavy atom. The first-order chi connectivity index (χ1) is 18.8. The normalized spacial score (nSPS) is 14.1. The zero-order chi connectivity index (χ0) is 30.7. The molecule has 0 atom stereocenters. The van der Waals surface area contributed by atoms with Gasteiger partial charge in [0.05, 0.1) is 21.4 Å². The molecule has 0 saturated carbocycles. The first kappa shape index (κ1) is 29.6. The molecule has 0 spiro atoms. The van der Waals surface area contributed by atoms with Gasteiger partial charge in [-0.3, -0.25) is 0 Å². The second kappa shape index (κ2) is 9.62. The van der Waals surface area contributed by atoms with E-state index in [1.165, 1.54) is 6.07 Å². The number of fused-ring (bicyclic) bond motifs is 2. The van der Waals surface area contributed by atoms with Crippen LogP contribution in [0.2, 0.25) is 0 Å². The van der Waals surface area contributed by atoms with E-state index in [1.54, 1.807) is 0 Å². The van der Waals surface area contributed by atoms with Gasteiger partial charge in [0.2, 0.25) is 0 Å². The average molecular weight is 609 g/mol. The van der Waals surface area contributed by atoms with Crippen molar-refractivity contribution in [3.05, 3.63) is 70.8 Å². The highest BCUT2D eigenvalue weighted by molar-refractivity contribution is 7.85. The summed E-state index contributed by atoms with van der Waals surface area (Å²) in [6.07, 6.45) is -13.2. The second-order valence-corrected chi connectivity index (χ2v) is 10.2. The molecule has 0 saturated heterocycles. The number of aromatic hydroxyl groups is 4. The Morgan fingerprint density at radius 3 is 1.68 bits per heavy atom. The van der Waals surface area contributed by atoms with E-state index >= 15 is 0 Å². The van der Waals surface area contributed by atoms with Crippen LogP contribution in [0.3, 0.4) is 0 Å². The summed E-state index contributed by atoms with van der Waals surface area (Å²) in [6.45, 7) is 0. The van der Waals surface area contributed by atoms with Crippen LogP contribution in [-0.4, -0.2) is 63.1 Å². The first-order valence-electron chi connectivity index (χ1n) is 10.9. The molecule has 0 fully saturated rings. The van der Waals surface area contributed by atoms with Crippen molar-refractivity contribution in [3.63, 3.8) is 0 Å². The van der Waals surface area contributed by atoms with Crippen molar-refractivity contribution in [1.82, 2.24) is 0 Å². The Labute approximate surface area is 225 Å². The van der Waals surface area contributed by atoms with Gasteiger partial charge in [0, 0.05) is 29.2 Å². The summed E-state index contributed by atoms with van der Waals surface area (Å²) in [4.78, 5) is 13.0. The molecule has 3 aromatic carbocycles. The molecule has 0 aromatic heterocycles. The topological polar surface area (TPSA) is 174 Å². The number of carbonyl (C=O) groups excluding carboxylic acids is 1. The number of esters is 1. The van der Waals surface area contributed by atoms with Gasteiger partial charge >= 0.3 is 23.9 Å². The van der Waals surface area contributed by atoms with Crippen LogP contribution in [0.5, 0.6) is 34.5 Å². The fourth-order valence-electron chi connectivity index (χ4n) is 4.26. The van der Waals surface area contributed by atoms with Crippen molar-refractivity contribution < 1.29 is 74.0 Å². The molecule has 1 aliphatic rings. The molecule has 10 nitrogen and oxygen atoms in total. The molecular formula is C24H15F6O10S-. The van der Waals surface area contributed by atoms with Crippen LogP contribution in [0.15, 0.2) is 48.5 Å². The molecule has 1 heterocycles. The molecule has 3 aromatic rings. The van der Waals surface area contributed by atoms with Gasteiger partial charge in [0.25, 0.3) is 0 Å². The van der Waals surface area contributed by atoms with E-state index in [9.17, 15) is 64.5 Å². The number of rotatable bonds is 5. The molecule has 0 amide bonds. The Balaban J connectivity index is 1.95. The summed E-state index contributed by atoms with van der Waals surface area (Å²) in [5.41, 5.74) is -7.35. The lowest BCUT2D eigenvalue weighted by molar-refractivity contribution is -0.356. The van der Waals surface area contributed by atoms with Gasteiger partial charge in [0.1, 0.15) is 11.5 Å². The highest BCUT2D eigenvalue weighted by Gasteiger charge is 2.75. The van der Waals surface area contributed by atoms with Crippen LogP contribution in [0.4, 0.5) is 26.3 Å². The van der Waals surface area contributed by atoms with Gasteiger partial charge in [-0.15, -0.1) is 0 Å². The maximum atomic E-state index is 13.8. The lowest BCUT2D eigenvalue weighted by Gasteiger charge is -2.37. The molecule has 41 heavy (non-hydrogen) atoms. The van der Waals surface area contributed by atoms with Crippen LogP contribution in [0.1, 0.15) is 33.0 Å². The van der Waals surface area contributed by atoms with Crippen LogP contribution in [0, 0.1) is 0 Å². The number of hydrogen-bond acceptors (Lipinski definition) is 10. The van der Waals surface area contributed by atoms with E-state index in [2.05, 4.69) is 4.74 Å². The summed E-state index contributed by atoms with van der Waals surface area (Å²) in [7, 11) is -6.29. The third-order valence-electron chi connectivity index (χ3n) is 6.11. The Hall–Kier alpha value is -4.38. The number of alkyl halides is 6. The molecule has 17 heteroatoms. The second-order valence-electron chi connectivity index (χ2n) is 8.79. The maximum Gasteiger partial charge on any atom is 0.438 e. The minimum Gasteiger partial charge on any atom is -0.748 e. The number of hydrogen-bond donors (Lipinski definition) is 4. The zero-order valence-corrected chi connectivity index (χ0v) is 20.6. The third kappa shape index (κ3) is 5.24. The maximum absolute atomic E-state index is 13.8. The van der Waals surface area contributed by atoms with Crippen LogP contribution < -0.4 is 4.74 Å². The molecular weight excluding hydrogens is 594 g/mol. The number of ether oxygens (including phenoxy) is 2. The van der Waals surface area contributed by atoms with Gasteiger partial charge in [-0.05, 0) is 23.8 Å². The Morgan fingerprint density at radius 1 is 0.805 bits per heavy atom. The van der Waals surface area contributed by atoms with Crippen molar-refractivity contribution in [2.45, 2.75) is 23.9 Å². The summed E-state index contributed by atoms with van der Waals surface area (Å²) in [5.74, 6) is -10.4. The lowest BCUT2D eigenvalue weighted by Crippen LogP contribution is -2.63. The molecule has 4 rings (SSSR count). The summed E-state index contributed by atoms with van der Waals surface area (Å²) in [6, 6.07) is 7.64. The minimum atomic E-state index is -6.61. The summed E-state index contributed by atoms with van der Waals surface area (Å²) >= 11 is 0. The number of halogens is 6. The van der Waals surface area contributed by atoms with E-state index in [-0.39, 0.29) is 22.6 Å². The van der Waals surface area contributed by atoms with Gasteiger partial charge in [-0.25, -0.2) is 13.2 Å². The van der Waals surface area contributed by atoms with E-state index in [0.717, 1.165) is 42.5 Å². The standard InChI is InChI=1S/C24H16F6O10S/c25-23(26,27)22(24(28,29)30,9-41(36,37)38)40-21(35)11-4-2-1-3-10(11)20-12-5-14(31)16(33)7-18(12)39-19-8-17(34)15(32)6-13(19)20/h1-8,20,31-34H,9H2,(H,36,37,38)/p-1. The van der Waals surface area contributed by atoms with E-state index < -0.39 is 79.8 Å². The molecule has 0 radical (unpaired) electrons.